The fourth-order valence-corrected chi connectivity index (χ4v) is 2.03. The minimum atomic E-state index is 0.921. The van der Waals surface area contributed by atoms with Crippen LogP contribution in [0.3, 0.4) is 0 Å². The Labute approximate surface area is 110 Å². The van der Waals surface area contributed by atoms with Gasteiger partial charge in [0.1, 0.15) is 0 Å². The number of nitrogens with zero attached hydrogens (tertiary/aromatic N) is 2. The molecule has 0 unspecified atom stereocenters. The van der Waals surface area contributed by atoms with Crippen LogP contribution in [-0.2, 0) is 13.1 Å². The highest BCUT2D eigenvalue weighted by molar-refractivity contribution is 9.10. The van der Waals surface area contributed by atoms with Gasteiger partial charge in [-0.25, -0.2) is 0 Å². The second-order valence-electron chi connectivity index (χ2n) is 4.16. The topological polar surface area (TPSA) is 16.1 Å². The van der Waals surface area contributed by atoms with E-state index in [9.17, 15) is 0 Å². The molecule has 1 aromatic carbocycles. The van der Waals surface area contributed by atoms with Crippen LogP contribution in [0.1, 0.15) is 11.1 Å². The first-order chi connectivity index (χ1) is 8.24. The number of aromatic nitrogens is 1. The van der Waals surface area contributed by atoms with E-state index in [1.54, 1.807) is 6.20 Å². The third-order valence-corrected chi connectivity index (χ3v) is 3.07. The maximum absolute atomic E-state index is 4.12. The van der Waals surface area contributed by atoms with Crippen LogP contribution in [0.2, 0.25) is 0 Å². The molecule has 0 saturated carbocycles. The molecular formula is C14H15BrN2. The van der Waals surface area contributed by atoms with E-state index in [0.717, 1.165) is 17.6 Å². The van der Waals surface area contributed by atoms with Crippen LogP contribution >= 0.6 is 15.9 Å². The molecule has 0 fully saturated rings. The molecule has 2 rings (SSSR count). The average Bonchev–Trinajstić information content (AvgIpc) is 2.33. The van der Waals surface area contributed by atoms with Gasteiger partial charge in [-0.05, 0) is 36.4 Å². The highest BCUT2D eigenvalue weighted by atomic mass is 79.9. The first-order valence-corrected chi connectivity index (χ1v) is 6.35. The summed E-state index contributed by atoms with van der Waals surface area (Å²) in [6.45, 7) is 1.87. The Balaban J connectivity index is 1.93. The SMILES string of the molecule is CN(Cc1ccc(Br)cc1)Cc1cccnc1. The van der Waals surface area contributed by atoms with Gasteiger partial charge in [-0.2, -0.15) is 0 Å². The molecule has 17 heavy (non-hydrogen) atoms. The number of hydrogen-bond acceptors (Lipinski definition) is 2. The molecule has 3 heteroatoms. The van der Waals surface area contributed by atoms with Crippen LogP contribution in [0.25, 0.3) is 0 Å². The summed E-state index contributed by atoms with van der Waals surface area (Å²) in [5, 5.41) is 0. The molecule has 0 atom stereocenters. The highest BCUT2D eigenvalue weighted by Gasteiger charge is 2.01. The molecule has 0 aliphatic rings. The summed E-state index contributed by atoms with van der Waals surface area (Å²) in [4.78, 5) is 6.40. The van der Waals surface area contributed by atoms with Gasteiger partial charge in [0.25, 0.3) is 0 Å². The van der Waals surface area contributed by atoms with Crippen molar-refractivity contribution in [2.24, 2.45) is 0 Å². The first kappa shape index (κ1) is 12.3. The van der Waals surface area contributed by atoms with E-state index < -0.39 is 0 Å². The van der Waals surface area contributed by atoms with Crippen LogP contribution in [0.15, 0.2) is 53.3 Å². The molecule has 2 aromatic rings. The maximum atomic E-state index is 4.12. The van der Waals surface area contributed by atoms with E-state index in [0.29, 0.717) is 0 Å². The second kappa shape index (κ2) is 5.94. The maximum Gasteiger partial charge on any atom is 0.0312 e. The van der Waals surface area contributed by atoms with Crippen LogP contribution in [-0.4, -0.2) is 16.9 Å². The molecule has 0 spiro atoms. The molecule has 88 valence electrons. The lowest BCUT2D eigenvalue weighted by Crippen LogP contribution is -2.17. The van der Waals surface area contributed by atoms with Crippen molar-refractivity contribution in [1.82, 2.24) is 9.88 Å². The molecule has 0 aliphatic heterocycles. The molecule has 0 radical (unpaired) electrons. The van der Waals surface area contributed by atoms with Crippen molar-refractivity contribution in [3.05, 3.63) is 64.4 Å². The molecule has 2 nitrogen and oxygen atoms in total. The van der Waals surface area contributed by atoms with Crippen molar-refractivity contribution in [2.45, 2.75) is 13.1 Å². The molecule has 0 amide bonds. The number of benzene rings is 1. The van der Waals surface area contributed by atoms with Gasteiger partial charge in [-0.15, -0.1) is 0 Å². The van der Waals surface area contributed by atoms with Gasteiger partial charge in [0, 0.05) is 30.0 Å². The predicted molar refractivity (Wildman–Crippen MR) is 73.6 cm³/mol. The van der Waals surface area contributed by atoms with Gasteiger partial charge in [-0.1, -0.05) is 34.1 Å². The van der Waals surface area contributed by atoms with E-state index in [1.807, 2.05) is 12.3 Å². The Morgan fingerprint density at radius 3 is 2.41 bits per heavy atom. The molecule has 0 bridgehead atoms. The summed E-state index contributed by atoms with van der Waals surface area (Å²) in [5.74, 6) is 0. The van der Waals surface area contributed by atoms with E-state index in [-0.39, 0.29) is 0 Å². The summed E-state index contributed by atoms with van der Waals surface area (Å²) in [7, 11) is 2.12. The Morgan fingerprint density at radius 1 is 1.06 bits per heavy atom. The van der Waals surface area contributed by atoms with Crippen LogP contribution in [0, 0.1) is 0 Å². The smallest absolute Gasteiger partial charge is 0.0312 e. The van der Waals surface area contributed by atoms with Gasteiger partial charge in [0.15, 0.2) is 0 Å². The summed E-state index contributed by atoms with van der Waals surface area (Å²) >= 11 is 3.44. The monoisotopic (exact) mass is 290 g/mol. The van der Waals surface area contributed by atoms with Crippen LogP contribution in [0.4, 0.5) is 0 Å². The summed E-state index contributed by atoms with van der Waals surface area (Å²) in [5.41, 5.74) is 2.56. The van der Waals surface area contributed by atoms with Crippen LogP contribution in [0.5, 0.6) is 0 Å². The Bertz CT molecular complexity index is 453. The van der Waals surface area contributed by atoms with E-state index in [2.05, 4.69) is 63.2 Å². The number of pyridine rings is 1. The molecular weight excluding hydrogens is 276 g/mol. The molecule has 0 aliphatic carbocycles. The molecule has 1 heterocycles. The van der Waals surface area contributed by atoms with Gasteiger partial charge in [0.05, 0.1) is 0 Å². The molecule has 0 N–H and O–H groups in total. The number of hydrogen-bond donors (Lipinski definition) is 0. The van der Waals surface area contributed by atoms with Crippen molar-refractivity contribution in [1.29, 1.82) is 0 Å². The van der Waals surface area contributed by atoms with E-state index in [4.69, 9.17) is 0 Å². The normalized spacial score (nSPS) is 10.8. The van der Waals surface area contributed by atoms with Crippen molar-refractivity contribution in [2.75, 3.05) is 7.05 Å². The zero-order valence-corrected chi connectivity index (χ0v) is 11.4. The zero-order chi connectivity index (χ0) is 12.1. The van der Waals surface area contributed by atoms with E-state index in [1.165, 1.54) is 11.1 Å². The second-order valence-corrected chi connectivity index (χ2v) is 5.08. The third-order valence-electron chi connectivity index (χ3n) is 2.54. The molecule has 0 saturated heterocycles. The third kappa shape index (κ3) is 3.95. The average molecular weight is 291 g/mol. The zero-order valence-electron chi connectivity index (χ0n) is 9.81. The van der Waals surface area contributed by atoms with Crippen LogP contribution < -0.4 is 0 Å². The van der Waals surface area contributed by atoms with Crippen molar-refractivity contribution < 1.29 is 0 Å². The minimum Gasteiger partial charge on any atom is -0.298 e. The first-order valence-electron chi connectivity index (χ1n) is 5.56. The fourth-order valence-electron chi connectivity index (χ4n) is 1.76. The Morgan fingerprint density at radius 2 is 1.76 bits per heavy atom. The highest BCUT2D eigenvalue weighted by Crippen LogP contribution is 2.12. The van der Waals surface area contributed by atoms with Gasteiger partial charge in [0.2, 0.25) is 0 Å². The standard InChI is InChI=1S/C14H15BrN2/c1-17(11-13-3-2-8-16-9-13)10-12-4-6-14(15)7-5-12/h2-9H,10-11H2,1H3. The lowest BCUT2D eigenvalue weighted by molar-refractivity contribution is 0.318. The summed E-state index contributed by atoms with van der Waals surface area (Å²) < 4.78 is 1.12. The largest absolute Gasteiger partial charge is 0.298 e. The lowest BCUT2D eigenvalue weighted by Gasteiger charge is -2.16. The van der Waals surface area contributed by atoms with E-state index >= 15 is 0 Å². The summed E-state index contributed by atoms with van der Waals surface area (Å²) in [6, 6.07) is 12.5. The Hall–Kier alpha value is -1.19. The van der Waals surface area contributed by atoms with Gasteiger partial charge in [-0.3, -0.25) is 9.88 Å². The lowest BCUT2D eigenvalue weighted by atomic mass is 10.2. The van der Waals surface area contributed by atoms with Gasteiger partial charge < -0.3 is 0 Å². The van der Waals surface area contributed by atoms with Gasteiger partial charge >= 0.3 is 0 Å². The van der Waals surface area contributed by atoms with Crippen molar-refractivity contribution in [3.63, 3.8) is 0 Å². The number of halogens is 1. The Kier molecular flexibility index (Phi) is 4.29. The number of rotatable bonds is 4. The summed E-state index contributed by atoms with van der Waals surface area (Å²) in [6.07, 6.45) is 3.72. The minimum absolute atomic E-state index is 0.921. The predicted octanol–water partition coefficient (Wildman–Crippen LogP) is 3.48. The molecule has 1 aromatic heterocycles. The fraction of sp³-hybridized carbons (Fsp3) is 0.214. The van der Waals surface area contributed by atoms with Crippen molar-refractivity contribution >= 4 is 15.9 Å². The van der Waals surface area contributed by atoms with Crippen molar-refractivity contribution in [3.8, 4) is 0 Å². The quantitative estimate of drug-likeness (QED) is 0.857.